The van der Waals surface area contributed by atoms with Crippen molar-refractivity contribution < 1.29 is 0 Å². The molecule has 0 saturated carbocycles. The summed E-state index contributed by atoms with van der Waals surface area (Å²) in [6.45, 7) is 6.27. The molecule has 0 radical (unpaired) electrons. The van der Waals surface area contributed by atoms with Crippen molar-refractivity contribution in [1.82, 2.24) is 20.1 Å². The Kier molecular flexibility index (Phi) is 4.32. The molecule has 4 nitrogen and oxygen atoms in total. The number of rotatable bonds is 5. The molecule has 0 aliphatic heterocycles. The second kappa shape index (κ2) is 5.97. The predicted octanol–water partition coefficient (Wildman–Crippen LogP) is 2.67. The minimum absolute atomic E-state index is 0.253. The first-order chi connectivity index (χ1) is 9.10. The van der Waals surface area contributed by atoms with Gasteiger partial charge in [0.05, 0.1) is 5.69 Å². The van der Waals surface area contributed by atoms with Gasteiger partial charge in [-0.05, 0) is 45.5 Å². The topological polar surface area (TPSA) is 42.7 Å². The van der Waals surface area contributed by atoms with Crippen LogP contribution in [-0.4, -0.2) is 21.8 Å². The molecule has 1 atom stereocenters. The fourth-order valence-electron chi connectivity index (χ4n) is 2.05. The van der Waals surface area contributed by atoms with Crippen molar-refractivity contribution >= 4 is 0 Å². The average molecular weight is 258 g/mol. The number of likely N-dealkylation sites (N-methyl/N-ethyl adjacent to an activating group) is 1. The summed E-state index contributed by atoms with van der Waals surface area (Å²) < 4.78 is 2.00. The van der Waals surface area contributed by atoms with Gasteiger partial charge in [0.2, 0.25) is 0 Å². The standard InChI is InChI=1S/C15H22N4/c1-11(2)19-8-7-14(18-19)9-15(16-4)13-6-5-12(3)17-10-13/h5-8,10-11,15-16H,9H2,1-4H3. The highest BCUT2D eigenvalue weighted by atomic mass is 15.3. The molecule has 0 aliphatic rings. The molecule has 1 unspecified atom stereocenters. The van der Waals surface area contributed by atoms with Crippen LogP contribution in [0.1, 0.15) is 42.9 Å². The van der Waals surface area contributed by atoms with Gasteiger partial charge in [-0.15, -0.1) is 0 Å². The molecule has 2 aromatic rings. The van der Waals surface area contributed by atoms with E-state index in [1.165, 1.54) is 5.56 Å². The van der Waals surface area contributed by atoms with Crippen molar-refractivity contribution in [2.45, 2.75) is 39.3 Å². The average Bonchev–Trinajstić information content (AvgIpc) is 2.86. The van der Waals surface area contributed by atoms with Gasteiger partial charge < -0.3 is 5.32 Å². The van der Waals surface area contributed by atoms with Crippen LogP contribution in [0.3, 0.4) is 0 Å². The summed E-state index contributed by atoms with van der Waals surface area (Å²) in [6.07, 6.45) is 4.86. The molecular weight excluding hydrogens is 236 g/mol. The lowest BCUT2D eigenvalue weighted by molar-refractivity contribution is 0.514. The van der Waals surface area contributed by atoms with Crippen LogP contribution in [-0.2, 0) is 6.42 Å². The van der Waals surface area contributed by atoms with Gasteiger partial charge in [0, 0.05) is 36.6 Å². The monoisotopic (exact) mass is 258 g/mol. The Labute approximate surface area is 114 Å². The van der Waals surface area contributed by atoms with Gasteiger partial charge in [0.15, 0.2) is 0 Å². The Morgan fingerprint density at radius 2 is 2.05 bits per heavy atom. The summed E-state index contributed by atoms with van der Waals surface area (Å²) in [5.74, 6) is 0. The molecule has 4 heteroatoms. The van der Waals surface area contributed by atoms with Crippen molar-refractivity contribution in [3.63, 3.8) is 0 Å². The highest BCUT2D eigenvalue weighted by Crippen LogP contribution is 2.17. The minimum Gasteiger partial charge on any atom is -0.313 e. The molecule has 0 saturated heterocycles. The lowest BCUT2D eigenvalue weighted by atomic mass is 10.0. The molecular formula is C15H22N4. The molecule has 19 heavy (non-hydrogen) atoms. The molecule has 2 aromatic heterocycles. The molecule has 1 N–H and O–H groups in total. The lowest BCUT2D eigenvalue weighted by Crippen LogP contribution is -2.19. The van der Waals surface area contributed by atoms with Crippen molar-refractivity contribution in [3.05, 3.63) is 47.5 Å². The highest BCUT2D eigenvalue weighted by Gasteiger charge is 2.12. The number of nitrogens with one attached hydrogen (secondary N) is 1. The fourth-order valence-corrected chi connectivity index (χ4v) is 2.05. The van der Waals surface area contributed by atoms with Gasteiger partial charge in [-0.3, -0.25) is 9.67 Å². The van der Waals surface area contributed by atoms with E-state index in [1.54, 1.807) is 0 Å². The summed E-state index contributed by atoms with van der Waals surface area (Å²) in [5, 5.41) is 7.93. The van der Waals surface area contributed by atoms with E-state index in [2.05, 4.69) is 41.4 Å². The van der Waals surface area contributed by atoms with Crippen molar-refractivity contribution in [1.29, 1.82) is 0 Å². The van der Waals surface area contributed by atoms with E-state index < -0.39 is 0 Å². The Morgan fingerprint density at radius 3 is 2.58 bits per heavy atom. The smallest absolute Gasteiger partial charge is 0.0643 e. The number of nitrogens with zero attached hydrogens (tertiary/aromatic N) is 3. The Balaban J connectivity index is 2.12. The molecule has 2 rings (SSSR count). The van der Waals surface area contributed by atoms with Crippen LogP contribution < -0.4 is 5.32 Å². The first kappa shape index (κ1) is 13.7. The number of aromatic nitrogens is 3. The molecule has 0 bridgehead atoms. The van der Waals surface area contributed by atoms with E-state index in [-0.39, 0.29) is 6.04 Å². The highest BCUT2D eigenvalue weighted by molar-refractivity contribution is 5.19. The molecule has 0 amide bonds. The summed E-state index contributed by atoms with van der Waals surface area (Å²) in [4.78, 5) is 4.36. The van der Waals surface area contributed by atoms with E-state index in [4.69, 9.17) is 0 Å². The van der Waals surface area contributed by atoms with Crippen molar-refractivity contribution in [3.8, 4) is 0 Å². The largest absolute Gasteiger partial charge is 0.313 e. The van der Waals surface area contributed by atoms with Gasteiger partial charge in [-0.1, -0.05) is 6.07 Å². The first-order valence-corrected chi connectivity index (χ1v) is 6.74. The quantitative estimate of drug-likeness (QED) is 0.896. The molecule has 102 valence electrons. The molecule has 0 spiro atoms. The Hall–Kier alpha value is -1.68. The Morgan fingerprint density at radius 1 is 1.26 bits per heavy atom. The van der Waals surface area contributed by atoms with Crippen LogP contribution in [0.15, 0.2) is 30.6 Å². The van der Waals surface area contributed by atoms with Crippen LogP contribution in [0.2, 0.25) is 0 Å². The third kappa shape index (κ3) is 3.41. The third-order valence-electron chi connectivity index (χ3n) is 3.29. The van der Waals surface area contributed by atoms with Crippen molar-refractivity contribution in [2.75, 3.05) is 7.05 Å². The summed E-state index contributed by atoms with van der Waals surface area (Å²) >= 11 is 0. The Bertz CT molecular complexity index is 513. The van der Waals surface area contributed by atoms with E-state index in [0.717, 1.165) is 17.8 Å². The van der Waals surface area contributed by atoms with E-state index >= 15 is 0 Å². The van der Waals surface area contributed by atoms with Crippen LogP contribution in [0.4, 0.5) is 0 Å². The maximum Gasteiger partial charge on any atom is 0.0643 e. The van der Waals surface area contributed by atoms with Gasteiger partial charge in [-0.2, -0.15) is 5.10 Å². The number of hydrogen-bond acceptors (Lipinski definition) is 3. The van der Waals surface area contributed by atoms with E-state index in [9.17, 15) is 0 Å². The SMILES string of the molecule is CNC(Cc1ccn(C(C)C)n1)c1ccc(C)nc1. The second-order valence-corrected chi connectivity index (χ2v) is 5.16. The summed E-state index contributed by atoms with van der Waals surface area (Å²) in [5.41, 5.74) is 3.35. The summed E-state index contributed by atoms with van der Waals surface area (Å²) in [7, 11) is 1.98. The maximum atomic E-state index is 4.60. The van der Waals surface area contributed by atoms with Gasteiger partial charge >= 0.3 is 0 Å². The van der Waals surface area contributed by atoms with E-state index in [1.807, 2.05) is 37.1 Å². The maximum absolute atomic E-state index is 4.60. The zero-order valence-electron chi connectivity index (χ0n) is 12.1. The van der Waals surface area contributed by atoms with Gasteiger partial charge in [0.1, 0.15) is 0 Å². The second-order valence-electron chi connectivity index (χ2n) is 5.16. The lowest BCUT2D eigenvalue weighted by Gasteiger charge is -2.15. The van der Waals surface area contributed by atoms with Crippen LogP contribution >= 0.6 is 0 Å². The summed E-state index contributed by atoms with van der Waals surface area (Å²) in [6, 6.07) is 6.92. The van der Waals surface area contributed by atoms with Crippen LogP contribution in [0.5, 0.6) is 0 Å². The number of aryl methyl sites for hydroxylation is 1. The number of pyridine rings is 1. The van der Waals surface area contributed by atoms with Crippen LogP contribution in [0.25, 0.3) is 0 Å². The van der Waals surface area contributed by atoms with E-state index in [0.29, 0.717) is 6.04 Å². The zero-order chi connectivity index (χ0) is 13.8. The van der Waals surface area contributed by atoms with Crippen molar-refractivity contribution in [2.24, 2.45) is 0 Å². The van der Waals surface area contributed by atoms with Gasteiger partial charge in [-0.25, -0.2) is 0 Å². The first-order valence-electron chi connectivity index (χ1n) is 6.74. The predicted molar refractivity (Wildman–Crippen MR) is 77.1 cm³/mol. The molecule has 2 heterocycles. The normalized spacial score (nSPS) is 12.9. The minimum atomic E-state index is 0.253. The zero-order valence-corrected chi connectivity index (χ0v) is 12.1. The molecule has 0 fully saturated rings. The molecule has 0 aliphatic carbocycles. The van der Waals surface area contributed by atoms with Crippen LogP contribution in [0, 0.1) is 6.92 Å². The van der Waals surface area contributed by atoms with Gasteiger partial charge in [0.25, 0.3) is 0 Å². The third-order valence-corrected chi connectivity index (χ3v) is 3.29. The number of hydrogen-bond donors (Lipinski definition) is 1. The molecule has 0 aromatic carbocycles. The fraction of sp³-hybridized carbons (Fsp3) is 0.467.